The number of likely N-dealkylation sites (N-methyl/N-ethyl adjacent to an activating group) is 1. The molecule has 0 radical (unpaired) electrons. The molecule has 1 fully saturated rings. The van der Waals surface area contributed by atoms with Crippen LogP contribution in [-0.2, 0) is 0 Å². The maximum absolute atomic E-state index is 12.4. The Morgan fingerprint density at radius 2 is 1.75 bits per heavy atom. The molecule has 1 amide bonds. The predicted molar refractivity (Wildman–Crippen MR) is 103 cm³/mol. The van der Waals surface area contributed by atoms with Crippen molar-refractivity contribution in [3.63, 3.8) is 0 Å². The summed E-state index contributed by atoms with van der Waals surface area (Å²) in [4.78, 5) is 19.2. The molecular formula is C19H25N3OS. The van der Waals surface area contributed by atoms with Gasteiger partial charge in [-0.2, -0.15) is 0 Å². The summed E-state index contributed by atoms with van der Waals surface area (Å²) in [6, 6.07) is 8.27. The highest BCUT2D eigenvalue weighted by Gasteiger charge is 2.16. The van der Waals surface area contributed by atoms with Crippen LogP contribution < -0.4 is 10.2 Å². The zero-order chi connectivity index (χ0) is 17.3. The third-order valence-corrected chi connectivity index (χ3v) is 5.87. The molecule has 4 nitrogen and oxygen atoms in total. The summed E-state index contributed by atoms with van der Waals surface area (Å²) < 4.78 is 0. The first kappa shape index (κ1) is 17.0. The molecule has 0 aliphatic carbocycles. The van der Waals surface area contributed by atoms with E-state index in [1.807, 2.05) is 26.0 Å². The van der Waals surface area contributed by atoms with Crippen molar-refractivity contribution >= 4 is 28.6 Å². The van der Waals surface area contributed by atoms with Crippen molar-refractivity contribution in [2.24, 2.45) is 0 Å². The quantitative estimate of drug-likeness (QED) is 0.923. The first-order chi connectivity index (χ1) is 11.4. The van der Waals surface area contributed by atoms with E-state index in [-0.39, 0.29) is 5.91 Å². The number of nitrogens with zero attached hydrogens (tertiary/aromatic N) is 2. The minimum Gasteiger partial charge on any atom is -0.369 e. The number of thiophene rings is 1. The summed E-state index contributed by atoms with van der Waals surface area (Å²) in [7, 11) is 2.16. The van der Waals surface area contributed by atoms with Gasteiger partial charge in [0.25, 0.3) is 5.91 Å². The van der Waals surface area contributed by atoms with Crippen molar-refractivity contribution in [1.82, 2.24) is 4.90 Å². The molecule has 2 heterocycles. The topological polar surface area (TPSA) is 35.6 Å². The lowest BCUT2D eigenvalue weighted by molar-refractivity contribution is 0.103. The number of hydrogen-bond acceptors (Lipinski definition) is 4. The number of nitrogens with one attached hydrogen (secondary N) is 1. The second-order valence-electron chi connectivity index (χ2n) is 6.59. The molecule has 0 saturated carbocycles. The second kappa shape index (κ2) is 6.95. The van der Waals surface area contributed by atoms with Crippen molar-refractivity contribution in [3.05, 3.63) is 45.1 Å². The molecule has 0 spiro atoms. The summed E-state index contributed by atoms with van der Waals surface area (Å²) in [5, 5.41) is 3.05. The number of carbonyl (C=O) groups is 1. The molecule has 2 aromatic rings. The van der Waals surface area contributed by atoms with Crippen LogP contribution in [0.3, 0.4) is 0 Å². The molecule has 0 unspecified atom stereocenters. The monoisotopic (exact) mass is 343 g/mol. The van der Waals surface area contributed by atoms with Gasteiger partial charge in [-0.1, -0.05) is 0 Å². The van der Waals surface area contributed by atoms with Crippen LogP contribution >= 0.6 is 11.3 Å². The molecule has 1 aromatic carbocycles. The zero-order valence-electron chi connectivity index (χ0n) is 14.8. The molecular weight excluding hydrogens is 318 g/mol. The van der Waals surface area contributed by atoms with Gasteiger partial charge in [0.05, 0.1) is 4.88 Å². The number of amides is 1. The summed E-state index contributed by atoms with van der Waals surface area (Å²) in [6.45, 7) is 10.4. The highest BCUT2D eigenvalue weighted by atomic mass is 32.1. The summed E-state index contributed by atoms with van der Waals surface area (Å²) >= 11 is 1.55. The van der Waals surface area contributed by atoms with Gasteiger partial charge in [-0.15, -0.1) is 11.3 Å². The molecule has 1 aliphatic heterocycles. The minimum atomic E-state index is -0.0216. The fourth-order valence-corrected chi connectivity index (χ4v) is 3.85. The van der Waals surface area contributed by atoms with Gasteiger partial charge < -0.3 is 15.1 Å². The Morgan fingerprint density at radius 1 is 1.04 bits per heavy atom. The number of piperazine rings is 1. The van der Waals surface area contributed by atoms with E-state index in [0.717, 1.165) is 42.3 Å². The average Bonchev–Trinajstić information content (AvgIpc) is 2.89. The maximum atomic E-state index is 12.4. The Bertz CT molecular complexity index is 726. The lowest BCUT2D eigenvalue weighted by Crippen LogP contribution is -2.44. The van der Waals surface area contributed by atoms with Crippen molar-refractivity contribution in [3.8, 4) is 0 Å². The second-order valence-corrected chi connectivity index (χ2v) is 7.85. The maximum Gasteiger partial charge on any atom is 0.265 e. The van der Waals surface area contributed by atoms with Crippen LogP contribution in [0.15, 0.2) is 24.3 Å². The molecule has 128 valence electrons. The smallest absolute Gasteiger partial charge is 0.265 e. The summed E-state index contributed by atoms with van der Waals surface area (Å²) in [6.07, 6.45) is 0. The highest BCUT2D eigenvalue weighted by Crippen LogP contribution is 2.26. The molecule has 0 bridgehead atoms. The Hall–Kier alpha value is -1.85. The number of hydrogen-bond donors (Lipinski definition) is 1. The van der Waals surface area contributed by atoms with Crippen LogP contribution in [0, 0.1) is 20.8 Å². The van der Waals surface area contributed by atoms with E-state index in [0.29, 0.717) is 0 Å². The largest absolute Gasteiger partial charge is 0.369 e. The summed E-state index contributed by atoms with van der Waals surface area (Å²) in [5.41, 5.74) is 4.40. The van der Waals surface area contributed by atoms with E-state index >= 15 is 0 Å². The van der Waals surface area contributed by atoms with E-state index in [4.69, 9.17) is 0 Å². The molecule has 24 heavy (non-hydrogen) atoms. The van der Waals surface area contributed by atoms with E-state index in [9.17, 15) is 4.79 Å². The van der Waals surface area contributed by atoms with E-state index in [1.165, 1.54) is 16.1 Å². The van der Waals surface area contributed by atoms with Gasteiger partial charge in [0.1, 0.15) is 0 Å². The average molecular weight is 343 g/mol. The van der Waals surface area contributed by atoms with Gasteiger partial charge in [0.2, 0.25) is 0 Å². The van der Waals surface area contributed by atoms with Crippen molar-refractivity contribution in [2.75, 3.05) is 43.4 Å². The van der Waals surface area contributed by atoms with Gasteiger partial charge in [-0.05, 0) is 63.2 Å². The first-order valence-corrected chi connectivity index (χ1v) is 9.18. The van der Waals surface area contributed by atoms with Crippen molar-refractivity contribution < 1.29 is 4.79 Å². The molecule has 5 heteroatoms. The normalized spacial score (nSPS) is 15.6. The standard InChI is InChI=1S/C19H25N3OS/c1-13-12-18(24-15(13)3)19(23)20-17-6-5-16(11-14(17)2)22-9-7-21(4)8-10-22/h5-6,11-12H,7-10H2,1-4H3,(H,20,23). The Labute approximate surface area is 148 Å². The van der Waals surface area contributed by atoms with E-state index in [2.05, 4.69) is 41.2 Å². The van der Waals surface area contributed by atoms with Crippen LogP contribution in [0.25, 0.3) is 0 Å². The first-order valence-electron chi connectivity index (χ1n) is 8.36. The molecule has 1 aromatic heterocycles. The summed E-state index contributed by atoms with van der Waals surface area (Å²) in [5.74, 6) is -0.0216. The van der Waals surface area contributed by atoms with Crippen LogP contribution in [0.1, 0.15) is 25.7 Å². The molecule has 1 aliphatic rings. The molecule has 1 N–H and O–H groups in total. The van der Waals surface area contributed by atoms with Crippen LogP contribution in [0.2, 0.25) is 0 Å². The molecule has 3 rings (SSSR count). The van der Waals surface area contributed by atoms with Gasteiger partial charge in [0, 0.05) is 42.4 Å². The Morgan fingerprint density at radius 3 is 2.33 bits per heavy atom. The van der Waals surface area contributed by atoms with Crippen molar-refractivity contribution in [2.45, 2.75) is 20.8 Å². The number of benzene rings is 1. The third-order valence-electron chi connectivity index (χ3n) is 4.72. The SMILES string of the molecule is Cc1cc(N2CCN(C)CC2)ccc1NC(=O)c1cc(C)c(C)s1. The Balaban J connectivity index is 1.71. The highest BCUT2D eigenvalue weighted by molar-refractivity contribution is 7.14. The van der Waals surface area contributed by atoms with E-state index in [1.54, 1.807) is 11.3 Å². The minimum absolute atomic E-state index is 0.0216. The lowest BCUT2D eigenvalue weighted by Gasteiger charge is -2.34. The van der Waals surface area contributed by atoms with Gasteiger partial charge in [-0.25, -0.2) is 0 Å². The zero-order valence-corrected chi connectivity index (χ0v) is 15.7. The van der Waals surface area contributed by atoms with Gasteiger partial charge in [-0.3, -0.25) is 4.79 Å². The predicted octanol–water partition coefficient (Wildman–Crippen LogP) is 3.68. The van der Waals surface area contributed by atoms with Gasteiger partial charge in [0.15, 0.2) is 0 Å². The number of rotatable bonds is 3. The lowest BCUT2D eigenvalue weighted by atomic mass is 10.1. The number of anilines is 2. The van der Waals surface area contributed by atoms with Crippen LogP contribution in [0.4, 0.5) is 11.4 Å². The number of carbonyl (C=O) groups excluding carboxylic acids is 1. The van der Waals surface area contributed by atoms with Crippen LogP contribution in [0.5, 0.6) is 0 Å². The fourth-order valence-electron chi connectivity index (χ4n) is 2.92. The van der Waals surface area contributed by atoms with E-state index < -0.39 is 0 Å². The Kier molecular flexibility index (Phi) is 4.92. The molecule has 1 saturated heterocycles. The van der Waals surface area contributed by atoms with Crippen molar-refractivity contribution in [1.29, 1.82) is 0 Å². The molecule has 0 atom stereocenters. The fraction of sp³-hybridized carbons (Fsp3) is 0.421. The number of aryl methyl sites for hydroxylation is 3. The van der Waals surface area contributed by atoms with Crippen LogP contribution in [-0.4, -0.2) is 44.0 Å². The third kappa shape index (κ3) is 3.62. The van der Waals surface area contributed by atoms with Gasteiger partial charge >= 0.3 is 0 Å².